The van der Waals surface area contributed by atoms with Gasteiger partial charge in [-0.15, -0.1) is 0 Å². The molecule has 1 N–H and O–H groups in total. The van der Waals surface area contributed by atoms with Gasteiger partial charge in [-0.25, -0.2) is 0 Å². The molecule has 0 saturated heterocycles. The predicted molar refractivity (Wildman–Crippen MR) is 120 cm³/mol. The van der Waals surface area contributed by atoms with Crippen molar-refractivity contribution >= 4 is 23.7 Å². The second-order valence-corrected chi connectivity index (χ2v) is 9.14. The Kier molecular flexibility index (Phi) is 19.1. The second-order valence-electron chi connectivity index (χ2n) is 8.07. The van der Waals surface area contributed by atoms with Crippen LogP contribution in [0.4, 0.5) is 0 Å². The van der Waals surface area contributed by atoms with E-state index in [4.69, 9.17) is 9.84 Å². The van der Waals surface area contributed by atoms with Gasteiger partial charge in [0.15, 0.2) is 0 Å². The molecule has 0 heterocycles. The van der Waals surface area contributed by atoms with Gasteiger partial charge in [0, 0.05) is 17.9 Å². The van der Waals surface area contributed by atoms with Crippen molar-refractivity contribution in [2.45, 2.75) is 117 Å². The van der Waals surface area contributed by atoms with Crippen LogP contribution in [0.3, 0.4) is 0 Å². The molecule has 2 atom stereocenters. The summed E-state index contributed by atoms with van der Waals surface area (Å²) >= 11 is 1.53. The van der Waals surface area contributed by atoms with Crippen molar-refractivity contribution in [3.8, 4) is 0 Å². The van der Waals surface area contributed by atoms with Gasteiger partial charge in [-0.05, 0) is 13.3 Å². The zero-order valence-corrected chi connectivity index (χ0v) is 19.4. The summed E-state index contributed by atoms with van der Waals surface area (Å²) in [7, 11) is 0. The number of rotatable bonds is 20. The number of hydrogen-bond acceptors (Lipinski definition) is 4. The lowest BCUT2D eigenvalue weighted by Gasteiger charge is -2.13. The number of carbonyl (C=O) groups is 2. The zero-order valence-electron chi connectivity index (χ0n) is 18.5. The van der Waals surface area contributed by atoms with E-state index in [-0.39, 0.29) is 18.0 Å². The van der Waals surface area contributed by atoms with Crippen LogP contribution >= 0.6 is 11.8 Å². The minimum Gasteiger partial charge on any atom is -0.481 e. The Morgan fingerprint density at radius 1 is 0.786 bits per heavy atom. The molecular weight excluding hydrogens is 372 g/mol. The molecule has 0 aromatic heterocycles. The lowest BCUT2D eigenvalue weighted by Crippen LogP contribution is -2.19. The fourth-order valence-electron chi connectivity index (χ4n) is 3.09. The molecule has 2 unspecified atom stereocenters. The van der Waals surface area contributed by atoms with Crippen LogP contribution in [0.1, 0.15) is 111 Å². The van der Waals surface area contributed by atoms with Crippen LogP contribution in [-0.4, -0.2) is 34.7 Å². The van der Waals surface area contributed by atoms with Crippen LogP contribution in [0.15, 0.2) is 0 Å². The molecule has 0 aliphatic rings. The first-order valence-electron chi connectivity index (χ1n) is 11.5. The number of hydrogen-bond donors (Lipinski definition) is 1. The van der Waals surface area contributed by atoms with Crippen LogP contribution in [0.25, 0.3) is 0 Å². The quantitative estimate of drug-likeness (QED) is 0.174. The van der Waals surface area contributed by atoms with Gasteiger partial charge >= 0.3 is 11.9 Å². The minimum absolute atomic E-state index is 0.123. The number of unbranched alkanes of at least 4 members (excludes halogenated alkanes) is 12. The Morgan fingerprint density at radius 2 is 1.25 bits per heavy atom. The van der Waals surface area contributed by atoms with E-state index in [9.17, 15) is 9.59 Å². The molecule has 0 aromatic rings. The van der Waals surface area contributed by atoms with Crippen molar-refractivity contribution in [2.75, 3.05) is 11.5 Å². The number of carboxylic acids is 1. The third-order valence-electron chi connectivity index (χ3n) is 4.96. The average molecular weight is 417 g/mol. The molecule has 0 fully saturated rings. The highest BCUT2D eigenvalue weighted by molar-refractivity contribution is 7.99. The van der Waals surface area contributed by atoms with Crippen LogP contribution in [-0.2, 0) is 14.3 Å². The summed E-state index contributed by atoms with van der Waals surface area (Å²) in [6.45, 7) is 5.83. The van der Waals surface area contributed by atoms with Crippen molar-refractivity contribution in [2.24, 2.45) is 5.92 Å². The van der Waals surface area contributed by atoms with Gasteiger partial charge in [-0.1, -0.05) is 90.9 Å². The molecule has 0 aromatic carbocycles. The summed E-state index contributed by atoms with van der Waals surface area (Å²) in [5, 5.41) is 8.84. The van der Waals surface area contributed by atoms with E-state index in [0.29, 0.717) is 17.9 Å². The first kappa shape index (κ1) is 27.3. The molecule has 0 rings (SSSR count). The Morgan fingerprint density at radius 3 is 1.71 bits per heavy atom. The third kappa shape index (κ3) is 18.6. The van der Waals surface area contributed by atoms with Gasteiger partial charge in [0.1, 0.15) is 6.10 Å². The van der Waals surface area contributed by atoms with E-state index in [0.717, 1.165) is 12.8 Å². The van der Waals surface area contributed by atoms with E-state index < -0.39 is 5.97 Å². The number of carbonyl (C=O) groups excluding carboxylic acids is 1. The lowest BCUT2D eigenvalue weighted by molar-refractivity contribution is -0.147. The number of esters is 1. The van der Waals surface area contributed by atoms with Crippen LogP contribution in [0, 0.1) is 5.92 Å². The minimum atomic E-state index is -0.778. The molecule has 0 spiro atoms. The molecule has 0 amide bonds. The van der Waals surface area contributed by atoms with Crippen LogP contribution in [0.2, 0.25) is 0 Å². The van der Waals surface area contributed by atoms with Crippen LogP contribution in [0.5, 0.6) is 0 Å². The number of aliphatic carboxylic acids is 1. The van der Waals surface area contributed by atoms with Crippen molar-refractivity contribution in [3.05, 3.63) is 0 Å². The largest absolute Gasteiger partial charge is 0.481 e. The molecular formula is C23H44O4S. The van der Waals surface area contributed by atoms with Crippen LogP contribution < -0.4 is 0 Å². The van der Waals surface area contributed by atoms with Crippen molar-refractivity contribution < 1.29 is 19.4 Å². The van der Waals surface area contributed by atoms with E-state index in [1.165, 1.54) is 82.4 Å². The standard InChI is InChI=1S/C23H44O4S/c1-4-5-6-7-8-9-10-11-12-13-14-15-16-17-22(24)27-21(3)19-28-18-20(2)23(25)26/h20-21H,4-19H2,1-3H3,(H,25,26). The maximum Gasteiger partial charge on any atom is 0.307 e. The molecule has 0 radical (unpaired) electrons. The molecule has 0 saturated carbocycles. The summed E-state index contributed by atoms with van der Waals surface area (Å²) < 4.78 is 5.39. The number of thioether (sulfide) groups is 1. The van der Waals surface area contributed by atoms with Gasteiger partial charge < -0.3 is 9.84 Å². The Bertz CT molecular complexity index is 387. The van der Waals surface area contributed by atoms with Crippen molar-refractivity contribution in [1.29, 1.82) is 0 Å². The van der Waals surface area contributed by atoms with E-state index in [1.807, 2.05) is 6.92 Å². The number of ether oxygens (including phenoxy) is 1. The molecule has 28 heavy (non-hydrogen) atoms. The summed E-state index contributed by atoms with van der Waals surface area (Å²) in [4.78, 5) is 22.6. The lowest BCUT2D eigenvalue weighted by atomic mass is 10.0. The molecule has 5 heteroatoms. The SMILES string of the molecule is CCCCCCCCCCCCCCCC(=O)OC(C)CSCC(C)C(=O)O. The zero-order chi connectivity index (χ0) is 21.0. The maximum atomic E-state index is 11.8. The smallest absolute Gasteiger partial charge is 0.307 e. The van der Waals surface area contributed by atoms with Gasteiger partial charge in [0.25, 0.3) is 0 Å². The average Bonchev–Trinajstić information content (AvgIpc) is 2.65. The Balaban J connectivity index is 3.37. The molecule has 166 valence electrons. The van der Waals surface area contributed by atoms with E-state index >= 15 is 0 Å². The van der Waals surface area contributed by atoms with Gasteiger partial charge in [-0.2, -0.15) is 11.8 Å². The molecule has 4 nitrogen and oxygen atoms in total. The Labute approximate surface area is 177 Å². The fraction of sp³-hybridized carbons (Fsp3) is 0.913. The second kappa shape index (κ2) is 19.6. The van der Waals surface area contributed by atoms with Crippen molar-refractivity contribution in [3.63, 3.8) is 0 Å². The highest BCUT2D eigenvalue weighted by Gasteiger charge is 2.13. The van der Waals surface area contributed by atoms with E-state index in [1.54, 1.807) is 6.92 Å². The third-order valence-corrected chi connectivity index (χ3v) is 6.40. The maximum absolute atomic E-state index is 11.8. The Hall–Kier alpha value is -0.710. The normalized spacial score (nSPS) is 13.2. The topological polar surface area (TPSA) is 63.6 Å². The molecule has 0 bridgehead atoms. The fourth-order valence-corrected chi connectivity index (χ4v) is 4.12. The summed E-state index contributed by atoms with van der Waals surface area (Å²) in [6.07, 6.45) is 17.2. The predicted octanol–water partition coefficient (Wildman–Crippen LogP) is 6.85. The first-order chi connectivity index (χ1) is 13.5. The summed E-state index contributed by atoms with van der Waals surface area (Å²) in [5.74, 6) is -0.0568. The monoisotopic (exact) mass is 416 g/mol. The highest BCUT2D eigenvalue weighted by atomic mass is 32.2. The highest BCUT2D eigenvalue weighted by Crippen LogP contribution is 2.14. The summed E-state index contributed by atoms with van der Waals surface area (Å²) in [5.41, 5.74) is 0. The molecule has 0 aliphatic carbocycles. The molecule has 0 aliphatic heterocycles. The van der Waals surface area contributed by atoms with Gasteiger partial charge in [-0.3, -0.25) is 9.59 Å². The number of carboxylic acid groups (broad SMARTS) is 1. The summed E-state index contributed by atoms with van der Waals surface area (Å²) in [6, 6.07) is 0. The van der Waals surface area contributed by atoms with Gasteiger partial charge in [0.2, 0.25) is 0 Å². The van der Waals surface area contributed by atoms with E-state index in [2.05, 4.69) is 6.92 Å². The van der Waals surface area contributed by atoms with Gasteiger partial charge in [0.05, 0.1) is 5.92 Å². The van der Waals surface area contributed by atoms with Crippen molar-refractivity contribution in [1.82, 2.24) is 0 Å². The first-order valence-corrected chi connectivity index (χ1v) is 12.6.